The minimum absolute atomic E-state index is 0.0716. The van der Waals surface area contributed by atoms with Crippen LogP contribution < -0.4 is 5.32 Å². The highest BCUT2D eigenvalue weighted by atomic mass is 32.2. The lowest BCUT2D eigenvalue weighted by atomic mass is 9.95. The van der Waals surface area contributed by atoms with Crippen molar-refractivity contribution in [2.24, 2.45) is 0 Å². The zero-order chi connectivity index (χ0) is 15.5. The van der Waals surface area contributed by atoms with Gasteiger partial charge in [0.05, 0.1) is 0 Å². The fourth-order valence-corrected chi connectivity index (χ4v) is 3.51. The van der Waals surface area contributed by atoms with Crippen LogP contribution in [0, 0.1) is 0 Å². The fourth-order valence-electron chi connectivity index (χ4n) is 2.72. The standard InChI is InChI=1S/C16H24N2O2S/c1-13(11-21(3)20)17-15(19)18(2)12-16(9-10-16)14-7-5-4-6-8-14/h4-8,13H,9-12H2,1-3H3,(H,17,19)/t13-,21+/m0/s1. The van der Waals surface area contributed by atoms with Crippen LogP contribution in [0.4, 0.5) is 4.79 Å². The highest BCUT2D eigenvalue weighted by Crippen LogP contribution is 2.48. The summed E-state index contributed by atoms with van der Waals surface area (Å²) in [5.74, 6) is 0.489. The minimum Gasteiger partial charge on any atom is -0.335 e. The van der Waals surface area contributed by atoms with Crippen LogP contribution in [0.1, 0.15) is 25.3 Å². The molecule has 0 radical (unpaired) electrons. The second kappa shape index (κ2) is 6.60. The van der Waals surface area contributed by atoms with E-state index >= 15 is 0 Å². The third kappa shape index (κ3) is 4.30. The Hall–Kier alpha value is -1.36. The molecule has 0 spiro atoms. The summed E-state index contributed by atoms with van der Waals surface area (Å²) in [5, 5.41) is 2.91. The summed E-state index contributed by atoms with van der Waals surface area (Å²) in [7, 11) is 0.932. The molecule has 1 aliphatic carbocycles. The van der Waals surface area contributed by atoms with Crippen molar-refractivity contribution in [3.05, 3.63) is 35.9 Å². The van der Waals surface area contributed by atoms with E-state index in [2.05, 4.69) is 17.4 Å². The second-order valence-corrected chi connectivity index (χ2v) is 7.57. The van der Waals surface area contributed by atoms with Gasteiger partial charge in [0.2, 0.25) is 0 Å². The van der Waals surface area contributed by atoms with E-state index in [1.165, 1.54) is 5.56 Å². The lowest BCUT2D eigenvalue weighted by Crippen LogP contribution is -2.46. The maximum Gasteiger partial charge on any atom is 0.317 e. The highest BCUT2D eigenvalue weighted by molar-refractivity contribution is 7.84. The summed E-state index contributed by atoms with van der Waals surface area (Å²) >= 11 is 0. The number of likely N-dealkylation sites (N-methyl/N-ethyl adjacent to an activating group) is 1. The molecule has 116 valence electrons. The molecule has 0 aliphatic heterocycles. The summed E-state index contributed by atoms with van der Waals surface area (Å²) in [6.45, 7) is 2.61. The molecule has 1 N–H and O–H groups in total. The van der Waals surface area contributed by atoms with Crippen molar-refractivity contribution < 1.29 is 9.00 Å². The molecular formula is C16H24N2O2S. The van der Waals surface area contributed by atoms with E-state index in [1.807, 2.05) is 32.2 Å². The van der Waals surface area contributed by atoms with Crippen LogP contribution in [0.25, 0.3) is 0 Å². The largest absolute Gasteiger partial charge is 0.335 e. The molecule has 1 aromatic carbocycles. The van der Waals surface area contributed by atoms with Gasteiger partial charge in [0.15, 0.2) is 0 Å². The van der Waals surface area contributed by atoms with Crippen LogP contribution in [0.2, 0.25) is 0 Å². The van der Waals surface area contributed by atoms with Crippen LogP contribution in [0.15, 0.2) is 30.3 Å². The summed E-state index contributed by atoms with van der Waals surface area (Å²) < 4.78 is 11.2. The molecule has 0 unspecified atom stereocenters. The first-order valence-corrected chi connectivity index (χ1v) is 9.03. The van der Waals surface area contributed by atoms with Gasteiger partial charge in [-0.15, -0.1) is 0 Å². The molecule has 1 saturated carbocycles. The van der Waals surface area contributed by atoms with Crippen molar-refractivity contribution in [1.82, 2.24) is 10.2 Å². The molecule has 21 heavy (non-hydrogen) atoms. The predicted molar refractivity (Wildman–Crippen MR) is 86.9 cm³/mol. The topological polar surface area (TPSA) is 49.4 Å². The molecule has 2 atom stereocenters. The number of nitrogens with zero attached hydrogens (tertiary/aromatic N) is 1. The molecule has 5 heteroatoms. The molecule has 1 aromatic rings. The maximum absolute atomic E-state index is 12.2. The van der Waals surface area contributed by atoms with E-state index < -0.39 is 10.8 Å². The summed E-state index contributed by atoms with van der Waals surface area (Å²) in [6.07, 6.45) is 3.91. The van der Waals surface area contributed by atoms with Gasteiger partial charge in [0, 0.05) is 47.9 Å². The molecule has 2 rings (SSSR count). The predicted octanol–water partition coefficient (Wildman–Crippen LogP) is 2.13. The Labute approximate surface area is 129 Å². The third-order valence-corrected chi connectivity index (χ3v) is 4.95. The number of nitrogens with one attached hydrogen (secondary N) is 1. The highest BCUT2D eigenvalue weighted by Gasteiger charge is 2.45. The van der Waals surface area contributed by atoms with Crippen LogP contribution in [-0.4, -0.2) is 46.8 Å². The molecule has 1 fully saturated rings. The van der Waals surface area contributed by atoms with E-state index in [4.69, 9.17) is 0 Å². The Morgan fingerprint density at radius 2 is 2.00 bits per heavy atom. The summed E-state index contributed by atoms with van der Waals surface area (Å²) in [6, 6.07) is 10.2. The van der Waals surface area contributed by atoms with Gasteiger partial charge in [-0.25, -0.2) is 4.79 Å². The Morgan fingerprint density at radius 1 is 1.38 bits per heavy atom. The zero-order valence-corrected chi connectivity index (χ0v) is 13.8. The monoisotopic (exact) mass is 308 g/mol. The van der Waals surface area contributed by atoms with Crippen LogP contribution in [-0.2, 0) is 16.2 Å². The Balaban J connectivity index is 1.91. The number of carbonyl (C=O) groups is 1. The maximum atomic E-state index is 12.2. The molecule has 0 heterocycles. The van der Waals surface area contributed by atoms with Crippen molar-refractivity contribution >= 4 is 16.8 Å². The number of rotatable bonds is 6. The number of amides is 2. The Bertz CT molecular complexity index is 514. The van der Waals surface area contributed by atoms with Gasteiger partial charge in [-0.3, -0.25) is 4.21 Å². The van der Waals surface area contributed by atoms with Crippen LogP contribution >= 0.6 is 0 Å². The quantitative estimate of drug-likeness (QED) is 0.875. The van der Waals surface area contributed by atoms with E-state index in [-0.39, 0.29) is 17.5 Å². The number of urea groups is 1. The smallest absolute Gasteiger partial charge is 0.317 e. The van der Waals surface area contributed by atoms with Gasteiger partial charge in [-0.2, -0.15) is 0 Å². The molecule has 0 bridgehead atoms. The van der Waals surface area contributed by atoms with E-state index in [0.29, 0.717) is 5.75 Å². The van der Waals surface area contributed by atoms with Crippen molar-refractivity contribution in [1.29, 1.82) is 0 Å². The van der Waals surface area contributed by atoms with Crippen molar-refractivity contribution in [3.8, 4) is 0 Å². The molecule has 0 saturated heterocycles. The molecule has 0 aromatic heterocycles. The lowest BCUT2D eigenvalue weighted by molar-refractivity contribution is 0.202. The SMILES string of the molecule is C[C@@H](C[S@@](C)=O)NC(=O)N(C)CC1(c2ccccc2)CC1. The van der Waals surface area contributed by atoms with Gasteiger partial charge < -0.3 is 10.2 Å². The Kier molecular flexibility index (Phi) is 5.04. The van der Waals surface area contributed by atoms with Crippen molar-refractivity contribution in [2.45, 2.75) is 31.2 Å². The van der Waals surface area contributed by atoms with Crippen LogP contribution in [0.3, 0.4) is 0 Å². The fraction of sp³-hybridized carbons (Fsp3) is 0.562. The van der Waals surface area contributed by atoms with Gasteiger partial charge in [0.25, 0.3) is 0 Å². The van der Waals surface area contributed by atoms with Gasteiger partial charge in [-0.05, 0) is 25.3 Å². The van der Waals surface area contributed by atoms with Crippen molar-refractivity contribution in [2.75, 3.05) is 25.6 Å². The second-order valence-electron chi connectivity index (χ2n) is 6.09. The summed E-state index contributed by atoms with van der Waals surface area (Å²) in [5.41, 5.74) is 1.44. The summed E-state index contributed by atoms with van der Waals surface area (Å²) in [4.78, 5) is 13.9. The minimum atomic E-state index is -0.895. The molecule has 2 amide bonds. The van der Waals surface area contributed by atoms with Gasteiger partial charge in [0.1, 0.15) is 0 Å². The van der Waals surface area contributed by atoms with E-state index in [9.17, 15) is 9.00 Å². The normalized spacial score (nSPS) is 18.6. The molecule has 1 aliphatic rings. The average Bonchev–Trinajstić information content (AvgIpc) is 3.19. The lowest BCUT2D eigenvalue weighted by Gasteiger charge is -2.26. The van der Waals surface area contributed by atoms with Crippen molar-refractivity contribution in [3.63, 3.8) is 0 Å². The first kappa shape index (κ1) is 16.0. The number of hydrogen-bond acceptors (Lipinski definition) is 2. The first-order chi connectivity index (χ1) is 9.93. The Morgan fingerprint density at radius 3 is 2.52 bits per heavy atom. The first-order valence-electron chi connectivity index (χ1n) is 7.30. The molecule has 4 nitrogen and oxygen atoms in total. The van der Waals surface area contributed by atoms with E-state index in [1.54, 1.807) is 11.2 Å². The van der Waals surface area contributed by atoms with Crippen LogP contribution in [0.5, 0.6) is 0 Å². The van der Waals surface area contributed by atoms with Gasteiger partial charge in [-0.1, -0.05) is 30.3 Å². The average molecular weight is 308 g/mol. The zero-order valence-electron chi connectivity index (χ0n) is 13.0. The van der Waals surface area contributed by atoms with E-state index in [0.717, 1.165) is 19.4 Å². The number of benzene rings is 1. The van der Waals surface area contributed by atoms with Gasteiger partial charge >= 0.3 is 6.03 Å². The molecular weight excluding hydrogens is 284 g/mol. The number of hydrogen-bond donors (Lipinski definition) is 1. The third-order valence-electron chi connectivity index (χ3n) is 3.98. The number of carbonyl (C=O) groups excluding carboxylic acids is 1.